The summed E-state index contributed by atoms with van der Waals surface area (Å²) in [6.45, 7) is 2.11. The highest BCUT2D eigenvalue weighted by Crippen LogP contribution is 2.38. The minimum atomic E-state index is 0.111. The molecule has 1 aromatic rings. The van der Waals surface area contributed by atoms with Gasteiger partial charge >= 0.3 is 0 Å². The Bertz CT molecular complexity index is 495. The van der Waals surface area contributed by atoms with Crippen molar-refractivity contribution in [1.82, 2.24) is 5.32 Å². The topological polar surface area (TPSA) is 24.4 Å². The third-order valence-corrected chi connectivity index (χ3v) is 5.61. The molecule has 1 spiro atoms. The molecule has 1 N–H and O–H groups in total. The van der Waals surface area contributed by atoms with Gasteiger partial charge in [0.1, 0.15) is 0 Å². The Balaban J connectivity index is 1.74. The minimum absolute atomic E-state index is 0.111. The lowest BCUT2D eigenvalue weighted by atomic mass is 10.0. The van der Waals surface area contributed by atoms with Crippen LogP contribution in [0.1, 0.15) is 44.2 Å². The summed E-state index contributed by atoms with van der Waals surface area (Å²) < 4.78 is 0. The molecule has 102 valence electrons. The number of halogens is 1. The van der Waals surface area contributed by atoms with E-state index in [1.807, 2.05) is 30.0 Å². The van der Waals surface area contributed by atoms with E-state index in [1.165, 1.54) is 31.4 Å². The van der Waals surface area contributed by atoms with E-state index in [9.17, 15) is 0 Å². The van der Waals surface area contributed by atoms with Crippen LogP contribution in [-0.4, -0.2) is 16.5 Å². The molecule has 1 aliphatic carbocycles. The molecule has 2 fully saturated rings. The number of aliphatic imine (C=N–C) groups is 1. The molecule has 1 saturated heterocycles. The smallest absolute Gasteiger partial charge is 0.157 e. The Morgan fingerprint density at radius 3 is 2.79 bits per heavy atom. The molecule has 1 aromatic carbocycles. The zero-order valence-corrected chi connectivity index (χ0v) is 12.7. The van der Waals surface area contributed by atoms with E-state index in [0.29, 0.717) is 5.54 Å². The van der Waals surface area contributed by atoms with Crippen molar-refractivity contribution in [2.24, 2.45) is 4.99 Å². The molecule has 1 aliphatic heterocycles. The van der Waals surface area contributed by atoms with Gasteiger partial charge in [0.25, 0.3) is 0 Å². The average molecular weight is 295 g/mol. The van der Waals surface area contributed by atoms with Crippen molar-refractivity contribution in [3.63, 3.8) is 0 Å². The zero-order valence-electron chi connectivity index (χ0n) is 11.2. The maximum atomic E-state index is 6.23. The van der Waals surface area contributed by atoms with Gasteiger partial charge in [-0.25, -0.2) is 0 Å². The predicted molar refractivity (Wildman–Crippen MR) is 84.1 cm³/mol. The second kappa shape index (κ2) is 5.37. The van der Waals surface area contributed by atoms with Crippen molar-refractivity contribution >= 4 is 28.5 Å². The van der Waals surface area contributed by atoms with Crippen LogP contribution in [0, 0.1) is 0 Å². The first-order valence-corrected chi connectivity index (χ1v) is 8.28. The van der Waals surface area contributed by atoms with Gasteiger partial charge in [0.2, 0.25) is 0 Å². The standard InChI is InChI=1S/C15H19ClN2S/c1-11(12-6-2-3-7-13(12)16)17-14-18-15(10-19-14)8-4-5-9-15/h2-3,6-7,11H,4-5,8-10H2,1H3,(H,17,18). The number of amidine groups is 1. The van der Waals surface area contributed by atoms with Crippen molar-refractivity contribution in [2.75, 3.05) is 5.75 Å². The number of hydrogen-bond donors (Lipinski definition) is 1. The SMILES string of the molecule is CC(N=C1NC2(CCCC2)CS1)c1ccccc1Cl. The molecule has 1 saturated carbocycles. The van der Waals surface area contributed by atoms with Crippen molar-refractivity contribution in [1.29, 1.82) is 0 Å². The first-order chi connectivity index (χ1) is 9.19. The fourth-order valence-electron chi connectivity index (χ4n) is 2.96. The van der Waals surface area contributed by atoms with E-state index < -0.39 is 0 Å². The van der Waals surface area contributed by atoms with Gasteiger partial charge in [-0.3, -0.25) is 4.99 Å². The molecule has 0 bridgehead atoms. The maximum Gasteiger partial charge on any atom is 0.157 e. The number of benzene rings is 1. The largest absolute Gasteiger partial charge is 0.359 e. The fourth-order valence-corrected chi connectivity index (χ4v) is 4.54. The first-order valence-electron chi connectivity index (χ1n) is 6.92. The van der Waals surface area contributed by atoms with E-state index in [-0.39, 0.29) is 6.04 Å². The summed E-state index contributed by atoms with van der Waals surface area (Å²) in [6.07, 6.45) is 5.28. The number of nitrogens with zero attached hydrogens (tertiary/aromatic N) is 1. The van der Waals surface area contributed by atoms with Gasteiger partial charge in [0.05, 0.1) is 6.04 Å². The molecule has 1 heterocycles. The van der Waals surface area contributed by atoms with E-state index in [4.69, 9.17) is 16.6 Å². The summed E-state index contributed by atoms with van der Waals surface area (Å²) in [6, 6.07) is 8.08. The molecule has 1 atom stereocenters. The maximum absolute atomic E-state index is 6.23. The Hall–Kier alpha value is -0.670. The predicted octanol–water partition coefficient (Wildman–Crippen LogP) is 4.41. The van der Waals surface area contributed by atoms with E-state index in [0.717, 1.165) is 15.8 Å². The quantitative estimate of drug-likeness (QED) is 0.874. The fraction of sp³-hybridized carbons (Fsp3) is 0.533. The van der Waals surface area contributed by atoms with Gasteiger partial charge in [0.15, 0.2) is 5.17 Å². The highest BCUT2D eigenvalue weighted by atomic mass is 35.5. The van der Waals surface area contributed by atoms with Gasteiger partial charge in [-0.2, -0.15) is 0 Å². The Morgan fingerprint density at radius 1 is 1.32 bits per heavy atom. The molecular weight excluding hydrogens is 276 g/mol. The molecule has 2 aliphatic rings. The van der Waals surface area contributed by atoms with Gasteiger partial charge in [-0.1, -0.05) is 54.4 Å². The van der Waals surface area contributed by atoms with Crippen LogP contribution in [0.4, 0.5) is 0 Å². The first kappa shape index (κ1) is 13.3. The summed E-state index contributed by atoms with van der Waals surface area (Å²) >= 11 is 8.09. The summed E-state index contributed by atoms with van der Waals surface area (Å²) in [5, 5.41) is 5.55. The van der Waals surface area contributed by atoms with Crippen LogP contribution in [0.3, 0.4) is 0 Å². The van der Waals surface area contributed by atoms with Crippen LogP contribution in [-0.2, 0) is 0 Å². The third-order valence-electron chi connectivity index (χ3n) is 4.08. The lowest BCUT2D eigenvalue weighted by molar-refractivity contribution is 0.452. The van der Waals surface area contributed by atoms with Crippen molar-refractivity contribution in [3.05, 3.63) is 34.9 Å². The lowest BCUT2D eigenvalue weighted by Gasteiger charge is -2.22. The monoisotopic (exact) mass is 294 g/mol. The highest BCUT2D eigenvalue weighted by Gasteiger charge is 2.39. The van der Waals surface area contributed by atoms with Crippen LogP contribution in [0.5, 0.6) is 0 Å². The summed E-state index contributed by atoms with van der Waals surface area (Å²) in [5.74, 6) is 1.17. The van der Waals surface area contributed by atoms with Gasteiger partial charge < -0.3 is 5.32 Å². The van der Waals surface area contributed by atoms with E-state index in [2.05, 4.69) is 18.3 Å². The molecular formula is C15H19ClN2S. The Labute approximate surface area is 124 Å². The number of rotatable bonds is 2. The highest BCUT2D eigenvalue weighted by molar-refractivity contribution is 8.14. The Morgan fingerprint density at radius 2 is 2.05 bits per heavy atom. The Kier molecular flexibility index (Phi) is 3.77. The summed E-state index contributed by atoms with van der Waals surface area (Å²) in [7, 11) is 0. The number of hydrogen-bond acceptors (Lipinski definition) is 2. The zero-order chi connectivity index (χ0) is 13.3. The van der Waals surface area contributed by atoms with Crippen molar-refractivity contribution in [2.45, 2.75) is 44.2 Å². The minimum Gasteiger partial charge on any atom is -0.359 e. The van der Waals surface area contributed by atoms with Crippen LogP contribution in [0.2, 0.25) is 5.02 Å². The molecule has 2 nitrogen and oxygen atoms in total. The third kappa shape index (κ3) is 2.77. The molecule has 0 aromatic heterocycles. The average Bonchev–Trinajstić information content (AvgIpc) is 3.01. The van der Waals surface area contributed by atoms with Crippen molar-refractivity contribution in [3.8, 4) is 0 Å². The lowest BCUT2D eigenvalue weighted by Crippen LogP contribution is -2.40. The number of nitrogens with one attached hydrogen (secondary N) is 1. The van der Waals surface area contributed by atoms with E-state index in [1.54, 1.807) is 0 Å². The molecule has 3 rings (SSSR count). The summed E-state index contributed by atoms with van der Waals surface area (Å²) in [5.41, 5.74) is 1.44. The second-order valence-corrected chi connectivity index (χ2v) is 6.90. The second-order valence-electron chi connectivity index (χ2n) is 5.53. The van der Waals surface area contributed by atoms with Gasteiger partial charge in [-0.15, -0.1) is 0 Å². The molecule has 0 radical (unpaired) electrons. The molecule has 19 heavy (non-hydrogen) atoms. The number of thioether (sulfide) groups is 1. The van der Waals surface area contributed by atoms with Crippen LogP contribution in [0.15, 0.2) is 29.3 Å². The van der Waals surface area contributed by atoms with Gasteiger partial charge in [-0.05, 0) is 31.4 Å². The normalized spacial score (nSPS) is 24.8. The van der Waals surface area contributed by atoms with Gasteiger partial charge in [0, 0.05) is 16.3 Å². The summed E-state index contributed by atoms with van der Waals surface area (Å²) in [4.78, 5) is 4.81. The molecule has 4 heteroatoms. The molecule has 0 amide bonds. The van der Waals surface area contributed by atoms with Crippen LogP contribution < -0.4 is 5.32 Å². The van der Waals surface area contributed by atoms with Crippen LogP contribution in [0.25, 0.3) is 0 Å². The van der Waals surface area contributed by atoms with Crippen molar-refractivity contribution < 1.29 is 0 Å². The van der Waals surface area contributed by atoms with Crippen LogP contribution >= 0.6 is 23.4 Å². The van der Waals surface area contributed by atoms with E-state index >= 15 is 0 Å². The molecule has 1 unspecified atom stereocenters.